The molecule has 0 amide bonds. The molecule has 1 fully saturated rings. The Hall–Kier alpha value is -1.09. The number of hydrogen-bond donors (Lipinski definition) is 0. The highest BCUT2D eigenvalue weighted by molar-refractivity contribution is 7.99. The van der Waals surface area contributed by atoms with Crippen molar-refractivity contribution in [3.05, 3.63) is 35.9 Å². The molecule has 1 heterocycles. The van der Waals surface area contributed by atoms with Gasteiger partial charge in [-0.1, -0.05) is 30.3 Å². The minimum atomic E-state index is -0.0774. The third-order valence-corrected chi connectivity index (χ3v) is 4.34. The summed E-state index contributed by atoms with van der Waals surface area (Å²) in [6.07, 6.45) is 2.27. The van der Waals surface area contributed by atoms with Crippen LogP contribution in [0.3, 0.4) is 0 Å². The molecule has 1 aliphatic rings. The minimum absolute atomic E-state index is 0.0625. The second kappa shape index (κ2) is 6.01. The maximum absolute atomic E-state index is 12.2. The summed E-state index contributed by atoms with van der Waals surface area (Å²) in [6, 6.07) is 9.75. The average molecular weight is 248 g/mol. The molecule has 3 heteroatoms. The highest BCUT2D eigenvalue weighted by atomic mass is 32.2. The van der Waals surface area contributed by atoms with E-state index in [0.29, 0.717) is 6.42 Å². The number of carbonyl (C=O) groups excluding carboxylic acids is 2. The largest absolute Gasteiger partial charge is 0.303 e. The molecular formula is C14H16O2S. The van der Waals surface area contributed by atoms with E-state index in [0.717, 1.165) is 29.8 Å². The van der Waals surface area contributed by atoms with Crippen molar-refractivity contribution in [2.24, 2.45) is 11.8 Å². The van der Waals surface area contributed by atoms with Crippen LogP contribution in [0.4, 0.5) is 0 Å². The Balaban J connectivity index is 2.01. The fourth-order valence-electron chi connectivity index (χ4n) is 2.18. The molecule has 2 atom stereocenters. The van der Waals surface area contributed by atoms with Crippen molar-refractivity contribution in [3.8, 4) is 0 Å². The number of ketones is 1. The predicted molar refractivity (Wildman–Crippen MR) is 70.1 cm³/mol. The molecule has 0 spiro atoms. The molecule has 17 heavy (non-hydrogen) atoms. The molecule has 1 saturated heterocycles. The van der Waals surface area contributed by atoms with Crippen molar-refractivity contribution in [1.82, 2.24) is 0 Å². The average Bonchev–Trinajstić information content (AvgIpc) is 2.40. The lowest BCUT2D eigenvalue weighted by molar-refractivity contribution is -0.126. The monoisotopic (exact) mass is 248 g/mol. The summed E-state index contributed by atoms with van der Waals surface area (Å²) < 4.78 is 0. The SMILES string of the molecule is O=CC1CCSCC1C(=O)Cc1ccccc1. The van der Waals surface area contributed by atoms with Gasteiger partial charge in [-0.25, -0.2) is 0 Å². The minimum Gasteiger partial charge on any atom is -0.303 e. The Kier molecular flexibility index (Phi) is 4.37. The van der Waals surface area contributed by atoms with Gasteiger partial charge in [0.15, 0.2) is 0 Å². The zero-order chi connectivity index (χ0) is 12.1. The normalized spacial score (nSPS) is 24.2. The number of aldehydes is 1. The molecule has 1 aromatic rings. The molecule has 0 N–H and O–H groups in total. The Bertz CT molecular complexity index is 388. The van der Waals surface area contributed by atoms with E-state index < -0.39 is 0 Å². The number of benzene rings is 1. The van der Waals surface area contributed by atoms with Gasteiger partial charge in [-0.05, 0) is 17.7 Å². The number of Topliss-reactive ketones (excluding diaryl/α,β-unsaturated/α-hetero) is 1. The lowest BCUT2D eigenvalue weighted by Crippen LogP contribution is -2.32. The molecule has 1 aromatic carbocycles. The number of carbonyl (C=O) groups is 2. The Morgan fingerprint density at radius 1 is 1.35 bits per heavy atom. The van der Waals surface area contributed by atoms with Crippen molar-refractivity contribution in [2.75, 3.05) is 11.5 Å². The van der Waals surface area contributed by atoms with Gasteiger partial charge < -0.3 is 4.79 Å². The fraction of sp³-hybridized carbons (Fsp3) is 0.429. The molecule has 90 valence electrons. The van der Waals surface area contributed by atoms with E-state index in [9.17, 15) is 9.59 Å². The standard InChI is InChI=1S/C14H16O2S/c15-9-12-6-7-17-10-13(12)14(16)8-11-4-2-1-3-5-11/h1-5,9,12-13H,6-8,10H2. The van der Waals surface area contributed by atoms with Crippen molar-refractivity contribution < 1.29 is 9.59 Å². The maximum Gasteiger partial charge on any atom is 0.141 e. The van der Waals surface area contributed by atoms with E-state index in [-0.39, 0.29) is 17.6 Å². The van der Waals surface area contributed by atoms with Crippen LogP contribution in [0.25, 0.3) is 0 Å². The van der Waals surface area contributed by atoms with Crippen LogP contribution in [0.15, 0.2) is 30.3 Å². The molecule has 2 rings (SSSR count). The van der Waals surface area contributed by atoms with Crippen LogP contribution in [0.1, 0.15) is 12.0 Å². The molecular weight excluding hydrogens is 232 g/mol. The molecule has 0 aliphatic carbocycles. The van der Waals surface area contributed by atoms with Gasteiger partial charge in [0.1, 0.15) is 12.1 Å². The van der Waals surface area contributed by atoms with Gasteiger partial charge in [-0.2, -0.15) is 11.8 Å². The summed E-state index contributed by atoms with van der Waals surface area (Å²) >= 11 is 1.78. The van der Waals surface area contributed by atoms with Crippen molar-refractivity contribution >= 4 is 23.8 Å². The summed E-state index contributed by atoms with van der Waals surface area (Å²) in [5, 5.41) is 0. The zero-order valence-corrected chi connectivity index (χ0v) is 10.5. The van der Waals surface area contributed by atoms with E-state index in [1.807, 2.05) is 30.3 Å². The number of thioether (sulfide) groups is 1. The van der Waals surface area contributed by atoms with Gasteiger partial charge in [0.25, 0.3) is 0 Å². The zero-order valence-electron chi connectivity index (χ0n) is 9.67. The highest BCUT2D eigenvalue weighted by Crippen LogP contribution is 2.28. The van der Waals surface area contributed by atoms with Gasteiger partial charge >= 0.3 is 0 Å². The highest BCUT2D eigenvalue weighted by Gasteiger charge is 2.30. The summed E-state index contributed by atoms with van der Waals surface area (Å²) in [5.74, 6) is 1.87. The number of rotatable bonds is 4. The van der Waals surface area contributed by atoms with E-state index in [2.05, 4.69) is 0 Å². The Morgan fingerprint density at radius 3 is 2.82 bits per heavy atom. The first-order chi connectivity index (χ1) is 8.31. The fourth-order valence-corrected chi connectivity index (χ4v) is 3.47. The van der Waals surface area contributed by atoms with Gasteiger partial charge in [0.2, 0.25) is 0 Å². The number of hydrogen-bond acceptors (Lipinski definition) is 3. The molecule has 0 radical (unpaired) electrons. The maximum atomic E-state index is 12.2. The smallest absolute Gasteiger partial charge is 0.141 e. The van der Waals surface area contributed by atoms with E-state index in [4.69, 9.17) is 0 Å². The van der Waals surface area contributed by atoms with Crippen LogP contribution in [-0.2, 0) is 16.0 Å². The van der Waals surface area contributed by atoms with Crippen molar-refractivity contribution in [1.29, 1.82) is 0 Å². The van der Waals surface area contributed by atoms with E-state index in [1.54, 1.807) is 11.8 Å². The third-order valence-electron chi connectivity index (χ3n) is 3.22. The lowest BCUT2D eigenvalue weighted by atomic mass is 9.86. The summed E-state index contributed by atoms with van der Waals surface area (Å²) in [7, 11) is 0. The topological polar surface area (TPSA) is 34.1 Å². The van der Waals surface area contributed by atoms with Crippen LogP contribution in [0, 0.1) is 11.8 Å². The summed E-state index contributed by atoms with van der Waals surface area (Å²) in [5.41, 5.74) is 1.04. The van der Waals surface area contributed by atoms with Crippen LogP contribution >= 0.6 is 11.8 Å². The van der Waals surface area contributed by atoms with Crippen molar-refractivity contribution in [2.45, 2.75) is 12.8 Å². The molecule has 1 aliphatic heterocycles. The molecule has 2 unspecified atom stereocenters. The first-order valence-electron chi connectivity index (χ1n) is 5.91. The quantitative estimate of drug-likeness (QED) is 0.767. The molecule has 0 bridgehead atoms. The van der Waals surface area contributed by atoms with Gasteiger partial charge in [-0.15, -0.1) is 0 Å². The van der Waals surface area contributed by atoms with E-state index in [1.165, 1.54) is 0 Å². The predicted octanol–water partition coefficient (Wildman–Crippen LogP) is 2.37. The first-order valence-corrected chi connectivity index (χ1v) is 7.06. The summed E-state index contributed by atoms with van der Waals surface area (Å²) in [4.78, 5) is 23.1. The van der Waals surface area contributed by atoms with Gasteiger partial charge in [-0.3, -0.25) is 4.79 Å². The Morgan fingerprint density at radius 2 is 2.12 bits per heavy atom. The van der Waals surface area contributed by atoms with Crippen molar-refractivity contribution in [3.63, 3.8) is 0 Å². The van der Waals surface area contributed by atoms with Crippen LogP contribution in [0.2, 0.25) is 0 Å². The van der Waals surface area contributed by atoms with Crippen LogP contribution in [-0.4, -0.2) is 23.6 Å². The van der Waals surface area contributed by atoms with Gasteiger partial charge in [0, 0.05) is 24.0 Å². The Labute approximate surface area is 106 Å². The molecule has 0 saturated carbocycles. The molecule has 0 aromatic heterocycles. The first kappa shape index (κ1) is 12.4. The van der Waals surface area contributed by atoms with Crippen LogP contribution < -0.4 is 0 Å². The third kappa shape index (κ3) is 3.19. The second-order valence-corrected chi connectivity index (χ2v) is 5.55. The lowest BCUT2D eigenvalue weighted by Gasteiger charge is -2.26. The van der Waals surface area contributed by atoms with Crippen LogP contribution in [0.5, 0.6) is 0 Å². The second-order valence-electron chi connectivity index (χ2n) is 4.40. The van der Waals surface area contributed by atoms with E-state index >= 15 is 0 Å². The van der Waals surface area contributed by atoms with Gasteiger partial charge in [0.05, 0.1) is 0 Å². The summed E-state index contributed by atoms with van der Waals surface area (Å²) in [6.45, 7) is 0. The molecule has 2 nitrogen and oxygen atoms in total.